The molecule has 4 nitrogen and oxygen atoms in total. The van der Waals surface area contributed by atoms with Crippen LogP contribution in [0.5, 0.6) is 0 Å². The molecule has 1 unspecified atom stereocenters. The quantitative estimate of drug-likeness (QED) is 0.144. The summed E-state index contributed by atoms with van der Waals surface area (Å²) in [7, 11) is 0. The van der Waals surface area contributed by atoms with Gasteiger partial charge in [0.1, 0.15) is 0 Å². The smallest absolute Gasteiger partial charge is 0.0708 e. The van der Waals surface area contributed by atoms with Crippen molar-refractivity contribution >= 4 is 27.1 Å². The van der Waals surface area contributed by atoms with Gasteiger partial charge in [-0.15, -0.1) is 0 Å². The van der Waals surface area contributed by atoms with Crippen molar-refractivity contribution in [2.75, 3.05) is 0 Å². The Balaban J connectivity index is 1.20. The third-order valence-electron chi connectivity index (χ3n) is 12.0. The fourth-order valence-corrected chi connectivity index (χ4v) is 9.16. The van der Waals surface area contributed by atoms with Gasteiger partial charge >= 0.3 is 0 Å². The number of benzene rings is 5. The number of pyridine rings is 2. The van der Waals surface area contributed by atoms with E-state index in [2.05, 4.69) is 197 Å². The third-order valence-corrected chi connectivity index (χ3v) is 12.0. The molecule has 0 spiro atoms. The van der Waals surface area contributed by atoms with Gasteiger partial charge in [0.05, 0.1) is 28.5 Å². The second kappa shape index (κ2) is 15.3. The number of fused-ring (bicyclic) bond motifs is 2. The minimum atomic E-state index is 0.270. The zero-order valence-electron chi connectivity index (χ0n) is 33.2. The standard InChI is InChI=1S/C56H42N4/c1-5-17-39(18-6-1)53-27-28-54(40-19-7-2-8-20-40)59(53)45-33-43-35-48-44(36-47(43)49(37-45)51-25-13-15-31-57-51)34-46(38-50(48)52-26-14-16-32-58-52)60-55(41-21-9-3-10-22-41)29-30-56(60)42-23-11-4-12-24-42/h1-3,5-11,13-21,23-38,41H,4,12,22H2. The van der Waals surface area contributed by atoms with Gasteiger partial charge in [-0.25, -0.2) is 0 Å². The van der Waals surface area contributed by atoms with Gasteiger partial charge in [-0.05, 0) is 142 Å². The van der Waals surface area contributed by atoms with E-state index >= 15 is 0 Å². The molecule has 0 amide bonds. The largest absolute Gasteiger partial charge is 0.313 e. The van der Waals surface area contributed by atoms with Crippen molar-refractivity contribution in [1.82, 2.24) is 19.1 Å². The van der Waals surface area contributed by atoms with E-state index in [9.17, 15) is 0 Å². The minimum Gasteiger partial charge on any atom is -0.313 e. The molecule has 4 heterocycles. The predicted molar refractivity (Wildman–Crippen MR) is 249 cm³/mol. The van der Waals surface area contributed by atoms with Crippen molar-refractivity contribution in [3.8, 4) is 56.4 Å². The number of rotatable bonds is 8. The molecular weight excluding hydrogens is 729 g/mol. The fourth-order valence-electron chi connectivity index (χ4n) is 9.16. The van der Waals surface area contributed by atoms with Crippen LogP contribution in [0.3, 0.4) is 0 Å². The second-order valence-corrected chi connectivity index (χ2v) is 15.7. The molecule has 2 aliphatic carbocycles. The highest BCUT2D eigenvalue weighted by Crippen LogP contribution is 2.42. The predicted octanol–water partition coefficient (Wildman–Crippen LogP) is 14.4. The molecule has 11 rings (SSSR count). The van der Waals surface area contributed by atoms with Crippen LogP contribution in [-0.2, 0) is 0 Å². The van der Waals surface area contributed by atoms with Crippen LogP contribution >= 0.6 is 0 Å². The molecule has 2 aliphatic rings. The van der Waals surface area contributed by atoms with E-state index in [1.807, 2.05) is 24.5 Å². The van der Waals surface area contributed by atoms with E-state index in [0.29, 0.717) is 0 Å². The average molecular weight is 771 g/mol. The summed E-state index contributed by atoms with van der Waals surface area (Å²) in [5.41, 5.74) is 14.6. The molecule has 0 fully saturated rings. The van der Waals surface area contributed by atoms with Crippen LogP contribution in [0.4, 0.5) is 0 Å². The number of hydrogen-bond acceptors (Lipinski definition) is 2. The van der Waals surface area contributed by atoms with E-state index in [4.69, 9.17) is 9.97 Å². The summed E-state index contributed by atoms with van der Waals surface area (Å²) >= 11 is 0. The monoisotopic (exact) mass is 770 g/mol. The molecular formula is C56H42N4. The van der Waals surface area contributed by atoms with Crippen molar-refractivity contribution in [3.05, 3.63) is 224 Å². The van der Waals surface area contributed by atoms with E-state index in [-0.39, 0.29) is 5.92 Å². The summed E-state index contributed by atoms with van der Waals surface area (Å²) in [5, 5.41) is 4.59. The van der Waals surface area contributed by atoms with Crippen molar-refractivity contribution in [2.24, 2.45) is 0 Å². The third kappa shape index (κ3) is 6.43. The summed E-state index contributed by atoms with van der Waals surface area (Å²) in [6.07, 6.45) is 22.8. The Hall–Kier alpha value is -7.56. The van der Waals surface area contributed by atoms with Crippen molar-refractivity contribution in [2.45, 2.75) is 25.2 Å². The number of allylic oxidation sites excluding steroid dienone is 8. The molecule has 1 atom stereocenters. The molecule has 0 N–H and O–H groups in total. The van der Waals surface area contributed by atoms with Crippen LogP contribution in [-0.4, -0.2) is 19.1 Å². The zero-order valence-corrected chi connectivity index (χ0v) is 33.2. The highest BCUT2D eigenvalue weighted by Gasteiger charge is 2.22. The van der Waals surface area contributed by atoms with E-state index in [1.54, 1.807) is 0 Å². The maximum absolute atomic E-state index is 4.97. The van der Waals surface area contributed by atoms with E-state index in [0.717, 1.165) is 97.2 Å². The Labute approximate surface area is 350 Å². The van der Waals surface area contributed by atoms with Crippen LogP contribution in [0.1, 0.15) is 36.6 Å². The molecule has 4 aromatic heterocycles. The SMILES string of the molecule is C1=CCC(c2ccc(C3=CCCC=C3)n2-c2cc(-c3ccccn3)c3cc4cc(-n5c(-c6ccccc6)ccc5-c5ccccc5)cc(-c5ccccn5)c4cc3c2)C=C1. The van der Waals surface area contributed by atoms with Crippen LogP contribution < -0.4 is 0 Å². The van der Waals surface area contributed by atoms with Crippen molar-refractivity contribution in [1.29, 1.82) is 0 Å². The molecule has 286 valence electrons. The van der Waals surface area contributed by atoms with Gasteiger partial charge in [-0.3, -0.25) is 9.97 Å². The van der Waals surface area contributed by atoms with Crippen LogP contribution in [0, 0.1) is 0 Å². The lowest BCUT2D eigenvalue weighted by Crippen LogP contribution is -2.09. The normalized spacial score (nSPS) is 14.9. The Bertz CT molecular complexity index is 3090. The first-order valence-corrected chi connectivity index (χ1v) is 20.9. The topological polar surface area (TPSA) is 35.6 Å². The maximum Gasteiger partial charge on any atom is 0.0708 e. The van der Waals surface area contributed by atoms with E-state index < -0.39 is 0 Å². The van der Waals surface area contributed by atoms with E-state index in [1.165, 1.54) is 17.0 Å². The first kappa shape index (κ1) is 35.6. The van der Waals surface area contributed by atoms with Gasteiger partial charge in [0.2, 0.25) is 0 Å². The van der Waals surface area contributed by atoms with Gasteiger partial charge in [0.25, 0.3) is 0 Å². The summed E-state index contributed by atoms with van der Waals surface area (Å²) in [6, 6.07) is 57.1. The Kier molecular flexibility index (Phi) is 9.08. The van der Waals surface area contributed by atoms with Crippen molar-refractivity contribution < 1.29 is 0 Å². The molecule has 5 aromatic carbocycles. The second-order valence-electron chi connectivity index (χ2n) is 15.7. The summed E-state index contributed by atoms with van der Waals surface area (Å²) in [5.74, 6) is 0.270. The average Bonchev–Trinajstić information content (AvgIpc) is 3.98. The highest BCUT2D eigenvalue weighted by atomic mass is 15.0. The van der Waals surface area contributed by atoms with Gasteiger partial charge in [0.15, 0.2) is 0 Å². The molecule has 60 heavy (non-hydrogen) atoms. The summed E-state index contributed by atoms with van der Waals surface area (Å²) < 4.78 is 4.90. The first-order valence-electron chi connectivity index (χ1n) is 20.9. The summed E-state index contributed by atoms with van der Waals surface area (Å²) in [6.45, 7) is 0. The maximum atomic E-state index is 4.97. The lowest BCUT2D eigenvalue weighted by Gasteiger charge is -2.22. The summed E-state index contributed by atoms with van der Waals surface area (Å²) in [4.78, 5) is 9.94. The molecule has 0 saturated heterocycles. The van der Waals surface area contributed by atoms with Crippen LogP contribution in [0.2, 0.25) is 0 Å². The Morgan fingerprint density at radius 3 is 1.60 bits per heavy atom. The number of nitrogens with zero attached hydrogens (tertiary/aromatic N) is 4. The Morgan fingerprint density at radius 2 is 1.07 bits per heavy atom. The minimum absolute atomic E-state index is 0.270. The molecule has 4 heteroatoms. The molecule has 0 saturated carbocycles. The van der Waals surface area contributed by atoms with Gasteiger partial charge < -0.3 is 9.13 Å². The van der Waals surface area contributed by atoms with Crippen LogP contribution in [0.25, 0.3) is 83.5 Å². The molecule has 0 radical (unpaired) electrons. The Morgan fingerprint density at radius 1 is 0.483 bits per heavy atom. The number of aromatic nitrogens is 4. The molecule has 0 aliphatic heterocycles. The first-order chi connectivity index (χ1) is 29.8. The van der Waals surface area contributed by atoms with Gasteiger partial charge in [0, 0.05) is 46.5 Å². The van der Waals surface area contributed by atoms with Gasteiger partial charge in [-0.1, -0.05) is 115 Å². The molecule has 0 bridgehead atoms. The zero-order chi connectivity index (χ0) is 39.8. The molecule has 9 aromatic rings. The number of hydrogen-bond donors (Lipinski definition) is 0. The van der Waals surface area contributed by atoms with Crippen molar-refractivity contribution in [3.63, 3.8) is 0 Å². The van der Waals surface area contributed by atoms with Crippen LogP contribution in [0.15, 0.2) is 213 Å². The lowest BCUT2D eigenvalue weighted by molar-refractivity contribution is 0.781. The van der Waals surface area contributed by atoms with Gasteiger partial charge in [-0.2, -0.15) is 0 Å². The highest BCUT2D eigenvalue weighted by molar-refractivity contribution is 6.10. The fraction of sp³-hybridized carbons (Fsp3) is 0.0714. The lowest BCUT2D eigenvalue weighted by atomic mass is 9.93.